The lowest BCUT2D eigenvalue weighted by molar-refractivity contribution is 0.589. The van der Waals surface area contributed by atoms with E-state index in [1.807, 2.05) is 0 Å². The van der Waals surface area contributed by atoms with Crippen LogP contribution in [-0.4, -0.2) is 0 Å². The first-order valence-electron chi connectivity index (χ1n) is 7.31. The molecule has 1 unspecified atom stereocenters. The van der Waals surface area contributed by atoms with Gasteiger partial charge in [0.05, 0.1) is 0 Å². The molecule has 20 heavy (non-hydrogen) atoms. The van der Waals surface area contributed by atoms with Crippen LogP contribution < -0.4 is 0 Å². The summed E-state index contributed by atoms with van der Waals surface area (Å²) < 4.78 is 0. The van der Waals surface area contributed by atoms with Gasteiger partial charge in [0.25, 0.3) is 0 Å². The zero-order valence-corrected chi connectivity index (χ0v) is 12.9. The average Bonchev–Trinajstić information content (AvgIpc) is 2.45. The third-order valence-corrected chi connectivity index (χ3v) is 3.66. The summed E-state index contributed by atoms with van der Waals surface area (Å²) in [6.07, 6.45) is 4.55. The Bertz CT molecular complexity index is 570. The summed E-state index contributed by atoms with van der Waals surface area (Å²) in [4.78, 5) is 0. The second-order valence-electron chi connectivity index (χ2n) is 6.40. The topological polar surface area (TPSA) is 0 Å². The third-order valence-electron chi connectivity index (χ3n) is 3.66. The Balaban J connectivity index is 2.24. The van der Waals surface area contributed by atoms with Crippen LogP contribution in [0, 0.1) is 0 Å². The highest BCUT2D eigenvalue weighted by Gasteiger charge is 2.15. The van der Waals surface area contributed by atoms with Crippen molar-refractivity contribution in [1.82, 2.24) is 0 Å². The smallest absolute Gasteiger partial charge is 0.000711 e. The lowest BCUT2D eigenvalue weighted by Gasteiger charge is -2.21. The molecule has 0 aliphatic heterocycles. The van der Waals surface area contributed by atoms with Crippen molar-refractivity contribution in [1.29, 1.82) is 0 Å². The van der Waals surface area contributed by atoms with Crippen molar-refractivity contribution >= 4 is 6.08 Å². The largest absolute Gasteiger partial charge is 0.0767 e. The second kappa shape index (κ2) is 6.09. The van der Waals surface area contributed by atoms with E-state index < -0.39 is 0 Å². The zero-order chi connectivity index (χ0) is 14.6. The lowest BCUT2D eigenvalue weighted by atomic mass is 9.83. The number of rotatable bonds is 3. The molecule has 0 amide bonds. The summed E-state index contributed by atoms with van der Waals surface area (Å²) in [7, 11) is 0. The van der Waals surface area contributed by atoms with Gasteiger partial charge in [-0.25, -0.2) is 0 Å². The number of allylic oxidation sites excluding steroid dienone is 1. The molecule has 0 aliphatic carbocycles. The minimum atomic E-state index is 0.177. The van der Waals surface area contributed by atoms with Gasteiger partial charge in [-0.05, 0) is 28.0 Å². The summed E-state index contributed by atoms with van der Waals surface area (Å²) in [5.41, 5.74) is 4.26. The maximum Gasteiger partial charge on any atom is -0.000711 e. The highest BCUT2D eigenvalue weighted by molar-refractivity contribution is 5.56. The van der Waals surface area contributed by atoms with Crippen LogP contribution in [0.3, 0.4) is 0 Å². The molecule has 104 valence electrons. The molecule has 0 heterocycles. The lowest BCUT2D eigenvalue weighted by Crippen LogP contribution is -2.12. The van der Waals surface area contributed by atoms with Crippen molar-refractivity contribution in [3.8, 4) is 0 Å². The van der Waals surface area contributed by atoms with Gasteiger partial charge in [0, 0.05) is 0 Å². The maximum atomic E-state index is 2.29. The summed E-state index contributed by atoms with van der Waals surface area (Å²) in [6.45, 7) is 9.03. The molecule has 1 atom stereocenters. The second-order valence-corrected chi connectivity index (χ2v) is 6.40. The van der Waals surface area contributed by atoms with E-state index in [1.165, 1.54) is 16.7 Å². The molecule has 2 aromatic rings. The molecule has 0 radical (unpaired) electrons. The summed E-state index contributed by atoms with van der Waals surface area (Å²) >= 11 is 0. The molecule has 2 aromatic carbocycles. The maximum absolute atomic E-state index is 2.29. The van der Waals surface area contributed by atoms with Crippen molar-refractivity contribution in [2.45, 2.75) is 39.0 Å². The highest BCUT2D eigenvalue weighted by Crippen LogP contribution is 2.27. The van der Waals surface area contributed by atoms with Crippen LogP contribution in [0.15, 0.2) is 60.7 Å². The molecule has 0 aliphatic rings. The standard InChI is InChI=1S/C20H24/c1-16(17-10-6-5-7-11-17)14-15-18-12-8-9-13-19(18)20(2,3)4/h5-16H,1-4H3. The van der Waals surface area contributed by atoms with Crippen LogP contribution in [0.1, 0.15) is 50.3 Å². The molecule has 2 rings (SSSR count). The summed E-state index contributed by atoms with van der Waals surface area (Å²) in [5, 5.41) is 0. The van der Waals surface area contributed by atoms with E-state index in [-0.39, 0.29) is 5.41 Å². The Hall–Kier alpha value is -1.82. The van der Waals surface area contributed by atoms with Gasteiger partial charge < -0.3 is 0 Å². The van der Waals surface area contributed by atoms with Gasteiger partial charge >= 0.3 is 0 Å². The Morgan fingerprint density at radius 3 is 2.10 bits per heavy atom. The number of benzene rings is 2. The SMILES string of the molecule is CC(C=Cc1ccccc1C(C)(C)C)c1ccccc1. The van der Waals surface area contributed by atoms with Crippen molar-refractivity contribution in [3.05, 3.63) is 77.4 Å². The van der Waals surface area contributed by atoms with Gasteiger partial charge in [0.1, 0.15) is 0 Å². The molecule has 0 heteroatoms. The fourth-order valence-electron chi connectivity index (χ4n) is 2.44. The van der Waals surface area contributed by atoms with E-state index >= 15 is 0 Å². The van der Waals surface area contributed by atoms with Gasteiger partial charge in [-0.15, -0.1) is 0 Å². The fraction of sp³-hybridized carbons (Fsp3) is 0.300. The average molecular weight is 264 g/mol. The van der Waals surface area contributed by atoms with Crippen LogP contribution in [0.25, 0.3) is 6.08 Å². The van der Waals surface area contributed by atoms with Crippen LogP contribution >= 0.6 is 0 Å². The summed E-state index contributed by atoms with van der Waals surface area (Å²) in [6, 6.07) is 19.3. The molecule has 0 nitrogen and oxygen atoms in total. The first-order chi connectivity index (χ1) is 9.48. The first-order valence-corrected chi connectivity index (χ1v) is 7.31. The van der Waals surface area contributed by atoms with Gasteiger partial charge in [0.15, 0.2) is 0 Å². The van der Waals surface area contributed by atoms with Crippen LogP contribution in [0.4, 0.5) is 0 Å². The quantitative estimate of drug-likeness (QED) is 0.657. The Morgan fingerprint density at radius 1 is 0.850 bits per heavy atom. The zero-order valence-electron chi connectivity index (χ0n) is 12.9. The minimum absolute atomic E-state index is 0.177. The molecule has 0 aromatic heterocycles. The number of hydrogen-bond acceptors (Lipinski definition) is 0. The predicted octanol–water partition coefficient (Wildman–Crippen LogP) is 5.80. The Kier molecular flexibility index (Phi) is 4.44. The van der Waals surface area contributed by atoms with Gasteiger partial charge in [0.2, 0.25) is 0 Å². The predicted molar refractivity (Wildman–Crippen MR) is 89.0 cm³/mol. The summed E-state index contributed by atoms with van der Waals surface area (Å²) in [5.74, 6) is 0.434. The monoisotopic (exact) mass is 264 g/mol. The van der Waals surface area contributed by atoms with Crippen molar-refractivity contribution in [2.24, 2.45) is 0 Å². The van der Waals surface area contributed by atoms with Gasteiger partial charge in [-0.3, -0.25) is 0 Å². The molecular formula is C20H24. The van der Waals surface area contributed by atoms with E-state index in [0.717, 1.165) is 0 Å². The third kappa shape index (κ3) is 3.60. The molecule has 0 N–H and O–H groups in total. The van der Waals surface area contributed by atoms with Crippen molar-refractivity contribution in [3.63, 3.8) is 0 Å². The van der Waals surface area contributed by atoms with E-state index in [1.54, 1.807) is 0 Å². The van der Waals surface area contributed by atoms with E-state index in [9.17, 15) is 0 Å². The van der Waals surface area contributed by atoms with Crippen molar-refractivity contribution < 1.29 is 0 Å². The van der Waals surface area contributed by atoms with E-state index in [0.29, 0.717) is 5.92 Å². The number of hydrogen-bond donors (Lipinski definition) is 0. The minimum Gasteiger partial charge on any atom is -0.0767 e. The van der Waals surface area contributed by atoms with Crippen LogP contribution in [0.2, 0.25) is 0 Å². The molecular weight excluding hydrogens is 240 g/mol. The van der Waals surface area contributed by atoms with Gasteiger partial charge in [-0.2, -0.15) is 0 Å². The van der Waals surface area contributed by atoms with Crippen molar-refractivity contribution in [2.75, 3.05) is 0 Å². The molecule has 0 saturated heterocycles. The van der Waals surface area contributed by atoms with E-state index in [2.05, 4.69) is 94.4 Å². The fourth-order valence-corrected chi connectivity index (χ4v) is 2.44. The van der Waals surface area contributed by atoms with E-state index in [4.69, 9.17) is 0 Å². The molecule has 0 bridgehead atoms. The Labute approximate surface area is 123 Å². The van der Waals surface area contributed by atoms with Crippen LogP contribution in [0.5, 0.6) is 0 Å². The van der Waals surface area contributed by atoms with Gasteiger partial charge in [-0.1, -0.05) is 94.4 Å². The molecule has 0 fully saturated rings. The molecule has 0 saturated carbocycles. The Morgan fingerprint density at radius 2 is 1.45 bits per heavy atom. The first kappa shape index (κ1) is 14.6. The molecule has 0 spiro atoms. The highest BCUT2D eigenvalue weighted by atomic mass is 14.2. The normalized spacial score (nSPS) is 13.6. The van der Waals surface area contributed by atoms with Crippen LogP contribution in [-0.2, 0) is 5.41 Å².